The molecule has 1 atom stereocenters. The Morgan fingerprint density at radius 2 is 2.27 bits per heavy atom. The molecule has 1 rings (SSSR count). The number of carbonyl (C=O) groups excluding carboxylic acids is 1. The summed E-state index contributed by atoms with van der Waals surface area (Å²) in [7, 11) is 0. The topological polar surface area (TPSA) is 61.2 Å². The molecule has 0 spiro atoms. The van der Waals surface area contributed by atoms with Crippen molar-refractivity contribution in [2.75, 3.05) is 6.61 Å². The van der Waals surface area contributed by atoms with E-state index in [1.54, 1.807) is 26.8 Å². The summed E-state index contributed by atoms with van der Waals surface area (Å²) in [6.07, 6.45) is 0. The van der Waals surface area contributed by atoms with Gasteiger partial charge in [0.05, 0.1) is 12.3 Å². The smallest absolute Gasteiger partial charge is 0.330 e. The summed E-state index contributed by atoms with van der Waals surface area (Å²) in [5.74, 6) is -0.447. The Hall–Kier alpha value is -1.65. The molecule has 0 aliphatic rings. The summed E-state index contributed by atoms with van der Waals surface area (Å²) in [5.41, 5.74) is 0.381. The molecule has 0 radical (unpaired) electrons. The highest BCUT2D eigenvalue weighted by Gasteiger charge is 2.17. The van der Waals surface area contributed by atoms with E-state index in [0.717, 1.165) is 4.68 Å². The molecule has 5 heteroatoms. The van der Waals surface area contributed by atoms with Crippen LogP contribution in [0.5, 0.6) is 0 Å². The van der Waals surface area contributed by atoms with E-state index in [2.05, 4.69) is 5.10 Å². The van der Waals surface area contributed by atoms with E-state index in [1.807, 2.05) is 0 Å². The second-order valence-electron chi connectivity index (χ2n) is 3.19. The fourth-order valence-electron chi connectivity index (χ4n) is 1.16. The lowest BCUT2D eigenvalue weighted by Gasteiger charge is -2.12. The lowest BCUT2D eigenvalue weighted by atomic mass is 10.3. The normalized spacial score (nSPS) is 12.2. The lowest BCUT2D eigenvalue weighted by Crippen LogP contribution is -2.31. The van der Waals surface area contributed by atoms with E-state index < -0.39 is 12.0 Å². The maximum Gasteiger partial charge on any atom is 0.330 e. The van der Waals surface area contributed by atoms with Crippen molar-refractivity contribution < 1.29 is 9.53 Å². The van der Waals surface area contributed by atoms with E-state index in [0.29, 0.717) is 12.3 Å². The summed E-state index contributed by atoms with van der Waals surface area (Å²) >= 11 is 0. The molecular weight excluding hydrogens is 196 g/mol. The molecule has 0 bridgehead atoms. The zero-order valence-corrected chi connectivity index (χ0v) is 9.06. The first-order valence-corrected chi connectivity index (χ1v) is 4.79. The van der Waals surface area contributed by atoms with Crippen LogP contribution in [0.15, 0.2) is 16.9 Å². The maximum absolute atomic E-state index is 11.4. The first kappa shape index (κ1) is 11.4. The van der Waals surface area contributed by atoms with Gasteiger partial charge in [-0.1, -0.05) is 0 Å². The van der Waals surface area contributed by atoms with Gasteiger partial charge in [0.1, 0.15) is 0 Å². The first-order chi connectivity index (χ1) is 7.06. The number of aromatic nitrogens is 2. The fourth-order valence-corrected chi connectivity index (χ4v) is 1.16. The molecule has 0 aliphatic carbocycles. The molecule has 0 saturated carbocycles. The zero-order valence-electron chi connectivity index (χ0n) is 9.06. The van der Waals surface area contributed by atoms with E-state index in [-0.39, 0.29) is 5.56 Å². The van der Waals surface area contributed by atoms with Gasteiger partial charge in [-0.25, -0.2) is 9.48 Å². The molecule has 1 aromatic rings. The van der Waals surface area contributed by atoms with E-state index >= 15 is 0 Å². The van der Waals surface area contributed by atoms with Gasteiger partial charge in [-0.3, -0.25) is 4.79 Å². The van der Waals surface area contributed by atoms with Gasteiger partial charge in [0.2, 0.25) is 0 Å². The number of nitrogens with zero attached hydrogens (tertiary/aromatic N) is 2. The Bertz CT molecular complexity index is 411. The fraction of sp³-hybridized carbons (Fsp3) is 0.500. The van der Waals surface area contributed by atoms with E-state index in [1.165, 1.54) is 6.07 Å². The zero-order chi connectivity index (χ0) is 11.4. The third kappa shape index (κ3) is 2.65. The van der Waals surface area contributed by atoms with Crippen LogP contribution in [0.25, 0.3) is 0 Å². The minimum atomic E-state index is -0.683. The average molecular weight is 210 g/mol. The molecule has 0 N–H and O–H groups in total. The number of hydrogen-bond donors (Lipinski definition) is 0. The molecule has 0 aliphatic heterocycles. The number of hydrogen-bond acceptors (Lipinski definition) is 4. The molecule has 0 unspecified atom stereocenters. The molecule has 0 fully saturated rings. The number of rotatable bonds is 3. The van der Waals surface area contributed by atoms with Gasteiger partial charge in [-0.2, -0.15) is 5.10 Å². The van der Waals surface area contributed by atoms with E-state index in [9.17, 15) is 9.59 Å². The third-order valence-corrected chi connectivity index (χ3v) is 1.95. The Labute approximate surface area is 87.7 Å². The van der Waals surface area contributed by atoms with Gasteiger partial charge >= 0.3 is 5.97 Å². The minimum Gasteiger partial charge on any atom is -0.464 e. The number of carbonyl (C=O) groups is 1. The molecule has 1 aromatic heterocycles. The minimum absolute atomic E-state index is 0.295. The third-order valence-electron chi connectivity index (χ3n) is 1.95. The summed E-state index contributed by atoms with van der Waals surface area (Å²) in [4.78, 5) is 22.8. The van der Waals surface area contributed by atoms with Crippen LogP contribution in [-0.2, 0) is 9.53 Å². The number of esters is 1. The van der Waals surface area contributed by atoms with Crippen LogP contribution in [-0.4, -0.2) is 22.4 Å². The molecule has 82 valence electrons. The van der Waals surface area contributed by atoms with Gasteiger partial charge < -0.3 is 4.74 Å². The van der Waals surface area contributed by atoms with Crippen LogP contribution in [0.4, 0.5) is 0 Å². The lowest BCUT2D eigenvalue weighted by molar-refractivity contribution is -0.147. The second kappa shape index (κ2) is 4.72. The summed E-state index contributed by atoms with van der Waals surface area (Å²) < 4.78 is 5.95. The largest absolute Gasteiger partial charge is 0.464 e. The van der Waals surface area contributed by atoms with Crippen LogP contribution >= 0.6 is 0 Å². The number of ether oxygens (including phenoxy) is 1. The molecule has 5 nitrogen and oxygen atoms in total. The highest BCUT2D eigenvalue weighted by Crippen LogP contribution is 2.03. The van der Waals surface area contributed by atoms with Crippen LogP contribution in [0.3, 0.4) is 0 Å². The van der Waals surface area contributed by atoms with Crippen molar-refractivity contribution >= 4 is 5.97 Å². The van der Waals surface area contributed by atoms with Crippen LogP contribution < -0.4 is 5.56 Å². The van der Waals surface area contributed by atoms with Gasteiger partial charge in [-0.15, -0.1) is 0 Å². The Balaban J connectivity index is 3.00. The first-order valence-electron chi connectivity index (χ1n) is 4.79. The highest BCUT2D eigenvalue weighted by molar-refractivity contribution is 5.73. The van der Waals surface area contributed by atoms with Crippen molar-refractivity contribution in [2.45, 2.75) is 26.8 Å². The standard InChI is InChI=1S/C10H14N2O3/c1-4-15-10(14)8(3)12-9(13)6-5-7(2)11-12/h5-6,8H,4H2,1-3H3/t8-/m1/s1. The van der Waals surface area contributed by atoms with Crippen molar-refractivity contribution in [1.29, 1.82) is 0 Å². The summed E-state index contributed by atoms with van der Waals surface area (Å²) in [6.45, 7) is 5.36. The van der Waals surface area contributed by atoms with Crippen molar-refractivity contribution in [1.82, 2.24) is 9.78 Å². The van der Waals surface area contributed by atoms with Crippen LogP contribution in [0, 0.1) is 6.92 Å². The van der Waals surface area contributed by atoms with Gasteiger partial charge in [0.15, 0.2) is 6.04 Å². The van der Waals surface area contributed by atoms with Gasteiger partial charge in [-0.05, 0) is 26.8 Å². The Morgan fingerprint density at radius 1 is 1.60 bits per heavy atom. The maximum atomic E-state index is 11.4. The average Bonchev–Trinajstić information content (AvgIpc) is 2.21. The van der Waals surface area contributed by atoms with Crippen LogP contribution in [0.2, 0.25) is 0 Å². The molecule has 15 heavy (non-hydrogen) atoms. The summed E-state index contributed by atoms with van der Waals surface area (Å²) in [5, 5.41) is 3.98. The Morgan fingerprint density at radius 3 is 2.87 bits per heavy atom. The van der Waals surface area contributed by atoms with Gasteiger partial charge in [0, 0.05) is 6.07 Å². The molecule has 0 saturated heterocycles. The van der Waals surface area contributed by atoms with Crippen molar-refractivity contribution in [2.24, 2.45) is 0 Å². The quantitative estimate of drug-likeness (QED) is 0.688. The van der Waals surface area contributed by atoms with Crippen LogP contribution in [0.1, 0.15) is 25.6 Å². The molecule has 1 heterocycles. The highest BCUT2D eigenvalue weighted by atomic mass is 16.5. The monoisotopic (exact) mass is 210 g/mol. The summed E-state index contributed by atoms with van der Waals surface area (Å²) in [6, 6.07) is 2.31. The van der Waals surface area contributed by atoms with Crippen molar-refractivity contribution in [3.05, 3.63) is 28.2 Å². The SMILES string of the molecule is CCOC(=O)[C@@H](C)n1nc(C)ccc1=O. The molecular formula is C10H14N2O3. The Kier molecular flexibility index (Phi) is 3.60. The number of aryl methyl sites for hydroxylation is 1. The van der Waals surface area contributed by atoms with Crippen molar-refractivity contribution in [3.8, 4) is 0 Å². The van der Waals surface area contributed by atoms with E-state index in [4.69, 9.17) is 4.74 Å². The predicted molar refractivity (Wildman–Crippen MR) is 54.6 cm³/mol. The predicted octanol–water partition coefficient (Wildman–Crippen LogP) is 0.676. The van der Waals surface area contributed by atoms with Gasteiger partial charge in [0.25, 0.3) is 5.56 Å². The molecule has 0 aromatic carbocycles. The second-order valence-corrected chi connectivity index (χ2v) is 3.19. The molecule has 0 amide bonds. The van der Waals surface area contributed by atoms with Crippen molar-refractivity contribution in [3.63, 3.8) is 0 Å².